The summed E-state index contributed by atoms with van der Waals surface area (Å²) in [5.74, 6) is -2.80. The molecule has 0 amide bonds. The highest BCUT2D eigenvalue weighted by atomic mass is 127. The van der Waals surface area contributed by atoms with Gasteiger partial charge in [-0.05, 0) is 106 Å². The number of esters is 1. The number of hydrogen-bond acceptors (Lipinski definition) is 13. The van der Waals surface area contributed by atoms with Crippen LogP contribution >= 0.6 is 22.6 Å². The maximum absolute atomic E-state index is 13.9. The van der Waals surface area contributed by atoms with E-state index < -0.39 is 78.6 Å². The van der Waals surface area contributed by atoms with Crippen molar-refractivity contribution < 1.29 is 44.2 Å². The van der Waals surface area contributed by atoms with Gasteiger partial charge in [0.2, 0.25) is 0 Å². The highest BCUT2D eigenvalue weighted by Crippen LogP contribution is 2.35. The van der Waals surface area contributed by atoms with E-state index in [0.29, 0.717) is 45.4 Å². The maximum Gasteiger partial charge on any atom is 0.308 e. The minimum absolute atomic E-state index is 0.0969. The number of aliphatic hydroxyl groups excluding tert-OH is 4. The average molecular weight is 986 g/mol. The fourth-order valence-electron chi connectivity index (χ4n) is 8.72. The van der Waals surface area contributed by atoms with Crippen LogP contribution in [0.3, 0.4) is 0 Å². The molecule has 3 aromatic rings. The van der Waals surface area contributed by atoms with E-state index in [1.165, 1.54) is 0 Å². The van der Waals surface area contributed by atoms with Crippen LogP contribution in [0.2, 0.25) is 0 Å². The van der Waals surface area contributed by atoms with Gasteiger partial charge in [-0.2, -0.15) is 0 Å². The van der Waals surface area contributed by atoms with Crippen LogP contribution in [0.1, 0.15) is 65.9 Å². The Kier molecular flexibility index (Phi) is 19.5. The average Bonchev–Trinajstić information content (AvgIpc) is 3.74. The molecule has 63 heavy (non-hydrogen) atoms. The van der Waals surface area contributed by atoms with E-state index in [1.54, 1.807) is 45.0 Å². The molecule has 5 rings (SSSR count). The van der Waals surface area contributed by atoms with Crippen LogP contribution in [0.15, 0.2) is 84.6 Å². The van der Waals surface area contributed by atoms with Gasteiger partial charge in [0.1, 0.15) is 17.9 Å². The summed E-state index contributed by atoms with van der Waals surface area (Å²) in [5.41, 5.74) is 3.63. The molecule has 14 nitrogen and oxygen atoms in total. The van der Waals surface area contributed by atoms with E-state index >= 15 is 0 Å². The molecule has 3 heterocycles. The van der Waals surface area contributed by atoms with Crippen molar-refractivity contribution in [1.29, 1.82) is 0 Å². The lowest BCUT2D eigenvalue weighted by molar-refractivity contribution is -0.304. The molecule has 2 aromatic carbocycles. The number of nitrogens with zero attached hydrogens (tertiary/aromatic N) is 5. The van der Waals surface area contributed by atoms with Crippen molar-refractivity contribution in [2.24, 2.45) is 23.7 Å². The Morgan fingerprint density at radius 1 is 0.968 bits per heavy atom. The van der Waals surface area contributed by atoms with Crippen molar-refractivity contribution in [2.45, 2.75) is 122 Å². The van der Waals surface area contributed by atoms with Crippen molar-refractivity contribution in [1.82, 2.24) is 24.8 Å². The molecule has 2 aliphatic rings. The highest BCUT2D eigenvalue weighted by Gasteiger charge is 2.47. The number of benzene rings is 2. The summed E-state index contributed by atoms with van der Waals surface area (Å²) in [7, 11) is 3.54. The van der Waals surface area contributed by atoms with E-state index in [2.05, 4.69) is 62.1 Å². The molecule has 2 aliphatic heterocycles. The van der Waals surface area contributed by atoms with Crippen LogP contribution < -0.4 is 0 Å². The molecule has 12 atom stereocenters. The molecular weight excluding hydrogens is 917 g/mol. The largest absolute Gasteiger partial charge is 0.462 e. The second-order valence-electron chi connectivity index (χ2n) is 17.6. The second kappa shape index (κ2) is 24.2. The van der Waals surface area contributed by atoms with Crippen LogP contribution in [0, 0.1) is 27.2 Å². The molecule has 0 bridgehead atoms. The SMILES string of the molecule is CC[C@H]1OC(=O)C[C@@H](O)[C@H](C)[C@@H](O[C@@H]2O[C@H](C)C(O)C(N(C)C)C2O)[C@@H](CCN(CCn2cc(-c3ccccc3)nn2)Cc2ccc(I)cc2)C[C@@H](C)C(=O)/C=C/C(C)=C/[C@@H]1CO. The number of carbonyl (C=O) groups excluding carboxylic acids is 2. The smallest absolute Gasteiger partial charge is 0.308 e. The van der Waals surface area contributed by atoms with Crippen molar-refractivity contribution in [3.63, 3.8) is 0 Å². The summed E-state index contributed by atoms with van der Waals surface area (Å²) in [6, 6.07) is 17.6. The minimum Gasteiger partial charge on any atom is -0.462 e. The highest BCUT2D eigenvalue weighted by molar-refractivity contribution is 14.1. The normalized spacial score (nSPS) is 31.7. The van der Waals surface area contributed by atoms with Crippen molar-refractivity contribution in [3.8, 4) is 11.3 Å². The molecule has 0 aliphatic carbocycles. The zero-order valence-corrected chi connectivity index (χ0v) is 39.9. The van der Waals surface area contributed by atoms with Gasteiger partial charge in [0.05, 0.1) is 56.2 Å². The van der Waals surface area contributed by atoms with E-state index in [9.17, 15) is 30.0 Å². The van der Waals surface area contributed by atoms with Crippen LogP contribution in [0.5, 0.6) is 0 Å². The van der Waals surface area contributed by atoms with Gasteiger partial charge in [-0.25, -0.2) is 0 Å². The fourth-order valence-corrected chi connectivity index (χ4v) is 9.08. The number of aliphatic hydroxyl groups is 4. The van der Waals surface area contributed by atoms with Crippen LogP contribution in [-0.4, -0.2) is 140 Å². The summed E-state index contributed by atoms with van der Waals surface area (Å²) < 4.78 is 21.9. The standard InChI is InChI=1S/C48H68IN5O9/c1-8-42-37(29-55)24-30(2)14-19-40(56)31(3)25-36(47(32(4)41(57)26-43(58)62-42)63-48-46(60)44(52(6)7)45(59)33(5)61-48)20-21-53(27-34-15-17-38(49)18-16-34)22-23-54-28-39(50-51-54)35-12-10-9-11-13-35/h9-19,24,28,31-33,36-37,41-42,44-48,55,57,59-60H,8,20-23,25-27,29H2,1-7H3/b19-14+,30-24+/t31-,32+,33-,36+,37-,41-,42-,44?,45?,46?,47-,48+/m1/s1. The minimum atomic E-state index is -1.26. The summed E-state index contributed by atoms with van der Waals surface area (Å²) in [5, 5.41) is 53.8. The van der Waals surface area contributed by atoms with Gasteiger partial charge in [-0.3, -0.25) is 19.2 Å². The van der Waals surface area contributed by atoms with Gasteiger partial charge in [-0.1, -0.05) is 86.2 Å². The summed E-state index contributed by atoms with van der Waals surface area (Å²) in [6.07, 6.45) is 1.11. The number of rotatable bonds is 14. The third kappa shape index (κ3) is 14.3. The number of ether oxygens (including phenoxy) is 3. The number of cyclic esters (lactones) is 1. The fraction of sp³-hybridized carbons (Fsp3) is 0.583. The Bertz CT molecular complexity index is 1940. The molecule has 1 fully saturated rings. The Labute approximate surface area is 386 Å². The summed E-state index contributed by atoms with van der Waals surface area (Å²) >= 11 is 2.30. The number of halogens is 1. The van der Waals surface area contributed by atoms with Gasteiger partial charge < -0.3 is 39.5 Å². The zero-order chi connectivity index (χ0) is 45.8. The van der Waals surface area contributed by atoms with Crippen LogP contribution in [-0.2, 0) is 36.9 Å². The van der Waals surface area contributed by atoms with Gasteiger partial charge in [0, 0.05) is 40.0 Å². The lowest BCUT2D eigenvalue weighted by Gasteiger charge is -2.46. The number of hydrogen-bond donors (Lipinski definition) is 4. The van der Waals surface area contributed by atoms with Crippen LogP contribution in [0.4, 0.5) is 0 Å². The summed E-state index contributed by atoms with van der Waals surface area (Å²) in [4.78, 5) is 31.5. The first kappa shape index (κ1) is 50.6. The van der Waals surface area contributed by atoms with Gasteiger partial charge in [0.25, 0.3) is 0 Å². The molecule has 0 radical (unpaired) electrons. The number of allylic oxidation sites excluding steroid dienone is 3. The number of aromatic nitrogens is 3. The lowest BCUT2D eigenvalue weighted by atomic mass is 9.79. The van der Waals surface area contributed by atoms with E-state index in [0.717, 1.165) is 26.0 Å². The molecule has 4 N–H and O–H groups in total. The Hall–Kier alpha value is -3.39. The van der Waals surface area contributed by atoms with Crippen molar-refractivity contribution in [2.75, 3.05) is 33.8 Å². The number of ketones is 1. The Morgan fingerprint density at radius 2 is 1.68 bits per heavy atom. The Balaban J connectivity index is 1.51. The molecule has 346 valence electrons. The Morgan fingerprint density at radius 3 is 2.35 bits per heavy atom. The van der Waals surface area contributed by atoms with Gasteiger partial charge in [0.15, 0.2) is 12.1 Å². The third-order valence-corrected chi connectivity index (χ3v) is 13.3. The molecule has 15 heteroatoms. The monoisotopic (exact) mass is 985 g/mol. The van der Waals surface area contributed by atoms with Gasteiger partial charge >= 0.3 is 5.97 Å². The topological polar surface area (TPSA) is 180 Å². The third-order valence-electron chi connectivity index (χ3n) is 12.6. The first-order valence-corrected chi connectivity index (χ1v) is 23.3. The molecule has 0 saturated carbocycles. The van der Waals surface area contributed by atoms with Crippen molar-refractivity contribution in [3.05, 3.63) is 93.7 Å². The first-order chi connectivity index (χ1) is 30.1. The molecule has 0 spiro atoms. The summed E-state index contributed by atoms with van der Waals surface area (Å²) in [6.45, 7) is 11.2. The predicted octanol–water partition coefficient (Wildman–Crippen LogP) is 5.27. The first-order valence-electron chi connectivity index (χ1n) is 22.2. The predicted molar refractivity (Wildman–Crippen MR) is 249 cm³/mol. The number of carbonyl (C=O) groups is 2. The van der Waals surface area contributed by atoms with E-state index in [4.69, 9.17) is 14.2 Å². The molecule has 1 saturated heterocycles. The molecular formula is C48H68IN5O9. The maximum atomic E-state index is 13.9. The number of likely N-dealkylation sites (N-methyl/N-ethyl adjacent to an activating group) is 1. The van der Waals surface area contributed by atoms with Crippen molar-refractivity contribution >= 4 is 34.3 Å². The van der Waals surface area contributed by atoms with E-state index in [1.807, 2.05) is 68.1 Å². The molecule has 3 unspecified atom stereocenters. The van der Waals surface area contributed by atoms with Crippen LogP contribution in [0.25, 0.3) is 11.3 Å². The van der Waals surface area contributed by atoms with E-state index in [-0.39, 0.29) is 18.8 Å². The zero-order valence-electron chi connectivity index (χ0n) is 37.7. The van der Waals surface area contributed by atoms with Gasteiger partial charge in [-0.15, -0.1) is 5.10 Å². The lowest BCUT2D eigenvalue weighted by Crippen LogP contribution is -2.63. The second-order valence-corrected chi connectivity index (χ2v) is 18.9. The quantitative estimate of drug-likeness (QED) is 0.121. The molecule has 1 aromatic heterocycles.